The number of nitrogens with one attached hydrogen (secondary N) is 2. The molecule has 0 fully saturated rings. The molecular weight excluding hydrogens is 437 g/mol. The number of imide groups is 1. The molecule has 6 nitrogen and oxygen atoms in total. The van der Waals surface area contributed by atoms with E-state index in [4.69, 9.17) is 4.74 Å². The molecule has 0 saturated heterocycles. The summed E-state index contributed by atoms with van der Waals surface area (Å²) in [7, 11) is 0. The Balaban J connectivity index is 1.70. The molecule has 1 aromatic heterocycles. The second kappa shape index (κ2) is 9.00. The van der Waals surface area contributed by atoms with Crippen molar-refractivity contribution >= 4 is 17.6 Å². The van der Waals surface area contributed by atoms with Crippen LogP contribution in [0.2, 0.25) is 0 Å². The predicted octanol–water partition coefficient (Wildman–Crippen LogP) is 5.44. The van der Waals surface area contributed by atoms with Gasteiger partial charge in [-0.2, -0.15) is 13.2 Å². The molecule has 3 amide bonds. The summed E-state index contributed by atoms with van der Waals surface area (Å²) in [5.74, 6) is -3.50. The summed E-state index contributed by atoms with van der Waals surface area (Å²) in [6, 6.07) is 7.91. The van der Waals surface area contributed by atoms with Crippen LogP contribution < -0.4 is 15.4 Å². The van der Waals surface area contributed by atoms with Gasteiger partial charge in [-0.15, -0.1) is 0 Å². The first-order chi connectivity index (χ1) is 15.0. The predicted molar refractivity (Wildman–Crippen MR) is 103 cm³/mol. The number of halogens is 5. The Morgan fingerprint density at radius 3 is 2.28 bits per heavy atom. The number of pyridine rings is 1. The van der Waals surface area contributed by atoms with Gasteiger partial charge in [0.05, 0.1) is 5.56 Å². The Morgan fingerprint density at radius 1 is 1.00 bits per heavy atom. The molecule has 0 aliphatic rings. The topological polar surface area (TPSA) is 80.3 Å². The van der Waals surface area contributed by atoms with E-state index in [1.807, 2.05) is 0 Å². The fraction of sp³-hybridized carbons (Fsp3) is 0.0952. The van der Waals surface area contributed by atoms with Crippen LogP contribution in [-0.4, -0.2) is 16.9 Å². The standard InChI is InChI=1S/C21H14F5N3O3/c1-11-5-7-13(9-16(11)32-17-8-6-12(10-27-17)21(24,25)26)28-20(31)29-19(30)18-14(22)3-2-4-15(18)23/h2-10H,1H3,(H2,28,29,30,31). The number of hydrogen-bond donors (Lipinski definition) is 2. The Labute approximate surface area is 178 Å². The van der Waals surface area contributed by atoms with Crippen molar-refractivity contribution in [2.24, 2.45) is 0 Å². The number of rotatable bonds is 4. The summed E-state index contributed by atoms with van der Waals surface area (Å²) in [6.45, 7) is 1.65. The Morgan fingerprint density at radius 2 is 1.69 bits per heavy atom. The van der Waals surface area contributed by atoms with Crippen LogP contribution in [0.5, 0.6) is 11.6 Å². The molecule has 0 spiro atoms. The second-order valence-electron chi connectivity index (χ2n) is 6.47. The van der Waals surface area contributed by atoms with Crippen molar-refractivity contribution in [2.45, 2.75) is 13.1 Å². The zero-order valence-corrected chi connectivity index (χ0v) is 16.3. The number of benzene rings is 2. The third-order valence-corrected chi connectivity index (χ3v) is 4.14. The van der Waals surface area contributed by atoms with E-state index in [0.29, 0.717) is 11.8 Å². The van der Waals surface area contributed by atoms with E-state index in [9.17, 15) is 31.5 Å². The molecular formula is C21H14F5N3O3. The number of carbonyl (C=O) groups is 2. The van der Waals surface area contributed by atoms with Gasteiger partial charge in [0.25, 0.3) is 5.91 Å². The number of alkyl halides is 3. The lowest BCUT2D eigenvalue weighted by molar-refractivity contribution is -0.137. The van der Waals surface area contributed by atoms with Crippen molar-refractivity contribution in [1.29, 1.82) is 0 Å². The van der Waals surface area contributed by atoms with E-state index in [1.165, 1.54) is 18.2 Å². The van der Waals surface area contributed by atoms with Gasteiger partial charge in [-0.05, 0) is 36.8 Å². The molecule has 3 aromatic rings. The summed E-state index contributed by atoms with van der Waals surface area (Å²) >= 11 is 0. The van der Waals surface area contributed by atoms with Gasteiger partial charge in [0.15, 0.2) is 0 Å². The highest BCUT2D eigenvalue weighted by atomic mass is 19.4. The van der Waals surface area contributed by atoms with Crippen LogP contribution in [0, 0.1) is 18.6 Å². The average molecular weight is 451 g/mol. The van der Waals surface area contributed by atoms with Gasteiger partial charge in [0.1, 0.15) is 22.9 Å². The van der Waals surface area contributed by atoms with Crippen LogP contribution in [0.3, 0.4) is 0 Å². The van der Waals surface area contributed by atoms with Crippen LogP contribution in [0.15, 0.2) is 54.7 Å². The fourth-order valence-electron chi connectivity index (χ4n) is 2.55. The number of aromatic nitrogens is 1. The maximum absolute atomic E-state index is 13.7. The van der Waals surface area contributed by atoms with E-state index < -0.39 is 40.9 Å². The lowest BCUT2D eigenvalue weighted by Gasteiger charge is -2.12. The molecule has 11 heteroatoms. The van der Waals surface area contributed by atoms with E-state index in [0.717, 1.165) is 30.3 Å². The molecule has 3 rings (SSSR count). The summed E-state index contributed by atoms with van der Waals surface area (Å²) < 4.78 is 70.7. The third kappa shape index (κ3) is 5.36. The van der Waals surface area contributed by atoms with Crippen LogP contribution >= 0.6 is 0 Å². The number of nitrogens with zero attached hydrogens (tertiary/aromatic N) is 1. The molecule has 0 saturated carbocycles. The summed E-state index contributed by atoms with van der Waals surface area (Å²) in [5, 5.41) is 4.10. The highest BCUT2D eigenvalue weighted by Gasteiger charge is 2.30. The minimum Gasteiger partial charge on any atom is -0.439 e. The van der Waals surface area contributed by atoms with Crippen molar-refractivity contribution in [3.63, 3.8) is 0 Å². The van der Waals surface area contributed by atoms with Crippen LogP contribution in [0.4, 0.5) is 32.4 Å². The fourth-order valence-corrected chi connectivity index (χ4v) is 2.55. The van der Waals surface area contributed by atoms with E-state index in [2.05, 4.69) is 10.3 Å². The van der Waals surface area contributed by atoms with E-state index in [-0.39, 0.29) is 17.3 Å². The summed E-state index contributed by atoms with van der Waals surface area (Å²) in [4.78, 5) is 27.6. The van der Waals surface area contributed by atoms with Crippen molar-refractivity contribution in [3.05, 3.63) is 83.1 Å². The molecule has 2 N–H and O–H groups in total. The average Bonchev–Trinajstić information content (AvgIpc) is 2.70. The normalized spacial score (nSPS) is 11.1. The maximum atomic E-state index is 13.7. The number of ether oxygens (including phenoxy) is 1. The molecule has 0 atom stereocenters. The molecule has 0 unspecified atom stereocenters. The monoisotopic (exact) mass is 451 g/mol. The van der Waals surface area contributed by atoms with Gasteiger partial charge in [-0.3, -0.25) is 10.1 Å². The number of amides is 3. The first-order valence-electron chi connectivity index (χ1n) is 8.92. The largest absolute Gasteiger partial charge is 0.439 e. The Kier molecular flexibility index (Phi) is 6.37. The van der Waals surface area contributed by atoms with Gasteiger partial charge in [0, 0.05) is 24.0 Å². The van der Waals surface area contributed by atoms with E-state index in [1.54, 1.807) is 12.2 Å². The van der Waals surface area contributed by atoms with Crippen molar-refractivity contribution in [3.8, 4) is 11.6 Å². The first-order valence-corrected chi connectivity index (χ1v) is 8.92. The lowest BCUT2D eigenvalue weighted by Crippen LogP contribution is -2.35. The van der Waals surface area contributed by atoms with Gasteiger partial charge >= 0.3 is 12.2 Å². The van der Waals surface area contributed by atoms with Crippen LogP contribution in [0.1, 0.15) is 21.5 Å². The summed E-state index contributed by atoms with van der Waals surface area (Å²) in [6.07, 6.45) is -3.92. The van der Waals surface area contributed by atoms with Crippen molar-refractivity contribution in [2.75, 3.05) is 5.32 Å². The van der Waals surface area contributed by atoms with E-state index >= 15 is 0 Å². The lowest BCUT2D eigenvalue weighted by atomic mass is 10.2. The highest BCUT2D eigenvalue weighted by Crippen LogP contribution is 2.31. The molecule has 32 heavy (non-hydrogen) atoms. The first kappa shape index (κ1) is 22.7. The molecule has 0 aliphatic carbocycles. The van der Waals surface area contributed by atoms with Gasteiger partial charge in [-0.1, -0.05) is 12.1 Å². The smallest absolute Gasteiger partial charge is 0.417 e. The maximum Gasteiger partial charge on any atom is 0.417 e. The third-order valence-electron chi connectivity index (χ3n) is 4.14. The molecule has 1 heterocycles. The number of urea groups is 1. The number of carbonyl (C=O) groups excluding carboxylic acids is 2. The van der Waals surface area contributed by atoms with Crippen molar-refractivity contribution < 1.29 is 36.3 Å². The minimum absolute atomic E-state index is 0.118. The number of anilines is 1. The zero-order valence-electron chi connectivity index (χ0n) is 16.3. The van der Waals surface area contributed by atoms with Crippen molar-refractivity contribution in [1.82, 2.24) is 10.3 Å². The Hall–Kier alpha value is -4.02. The highest BCUT2D eigenvalue weighted by molar-refractivity contribution is 6.08. The van der Waals surface area contributed by atoms with Gasteiger partial charge in [0.2, 0.25) is 5.88 Å². The second-order valence-corrected chi connectivity index (χ2v) is 6.47. The van der Waals surface area contributed by atoms with Crippen LogP contribution in [0.25, 0.3) is 0 Å². The molecule has 0 bridgehead atoms. The molecule has 2 aromatic carbocycles. The van der Waals surface area contributed by atoms with Crippen LogP contribution in [-0.2, 0) is 6.18 Å². The number of hydrogen-bond acceptors (Lipinski definition) is 4. The molecule has 166 valence electrons. The van der Waals surface area contributed by atoms with Gasteiger partial charge in [-0.25, -0.2) is 18.6 Å². The minimum atomic E-state index is -4.54. The number of aryl methyl sites for hydroxylation is 1. The quantitative estimate of drug-likeness (QED) is 0.518. The molecule has 0 aliphatic heterocycles. The van der Waals surface area contributed by atoms with Gasteiger partial charge < -0.3 is 10.1 Å². The SMILES string of the molecule is Cc1ccc(NC(=O)NC(=O)c2c(F)cccc2F)cc1Oc1ccc(C(F)(F)F)cn1. The summed E-state index contributed by atoms with van der Waals surface area (Å²) in [5.41, 5.74) is -1.15. The molecule has 0 radical (unpaired) electrons. The zero-order chi connectivity index (χ0) is 23.5. The Bertz CT molecular complexity index is 1140.